The predicted molar refractivity (Wildman–Crippen MR) is 74.5 cm³/mol. The van der Waals surface area contributed by atoms with Gasteiger partial charge in [0.05, 0.1) is 0 Å². The van der Waals surface area contributed by atoms with E-state index in [1.807, 2.05) is 0 Å². The number of hydrogen-bond donors (Lipinski definition) is 1. The first kappa shape index (κ1) is 11.8. The first-order valence-corrected chi connectivity index (χ1v) is 7.35. The standard InChI is InChI=1S/C14H21NS/c1-11(2)12-5-7-13(8-6-12)15-14-4-3-9-16-10-14/h5-8,11,14-15H,3-4,9-10H2,1-2H3. The molecule has 1 unspecified atom stereocenters. The van der Waals surface area contributed by atoms with E-state index in [1.54, 1.807) is 0 Å². The van der Waals surface area contributed by atoms with Crippen LogP contribution in [0, 0.1) is 0 Å². The van der Waals surface area contributed by atoms with E-state index in [4.69, 9.17) is 0 Å². The average Bonchev–Trinajstić information content (AvgIpc) is 2.31. The second-order valence-electron chi connectivity index (χ2n) is 4.84. The van der Waals surface area contributed by atoms with Crippen molar-refractivity contribution >= 4 is 17.4 Å². The summed E-state index contributed by atoms with van der Waals surface area (Å²) in [5, 5.41) is 3.63. The van der Waals surface area contributed by atoms with Crippen LogP contribution in [0.3, 0.4) is 0 Å². The molecule has 2 heteroatoms. The lowest BCUT2D eigenvalue weighted by Gasteiger charge is -2.23. The second-order valence-corrected chi connectivity index (χ2v) is 5.98. The molecule has 1 atom stereocenters. The van der Waals surface area contributed by atoms with Crippen molar-refractivity contribution < 1.29 is 0 Å². The SMILES string of the molecule is CC(C)c1ccc(NC2CCCSC2)cc1. The second kappa shape index (κ2) is 5.62. The van der Waals surface area contributed by atoms with Gasteiger partial charge in [0.25, 0.3) is 0 Å². The van der Waals surface area contributed by atoms with Gasteiger partial charge in [-0.2, -0.15) is 11.8 Å². The van der Waals surface area contributed by atoms with Crippen LogP contribution in [-0.4, -0.2) is 17.5 Å². The lowest BCUT2D eigenvalue weighted by Crippen LogP contribution is -2.25. The van der Waals surface area contributed by atoms with Crippen LogP contribution in [0.15, 0.2) is 24.3 Å². The Labute approximate surface area is 103 Å². The first-order valence-electron chi connectivity index (χ1n) is 6.20. The molecule has 1 N–H and O–H groups in total. The predicted octanol–water partition coefficient (Wildman–Crippen LogP) is 4.12. The Morgan fingerprint density at radius 3 is 2.56 bits per heavy atom. The van der Waals surface area contributed by atoms with Crippen LogP contribution in [0.1, 0.15) is 38.2 Å². The maximum Gasteiger partial charge on any atom is 0.0352 e. The van der Waals surface area contributed by atoms with Crippen LogP contribution in [0.5, 0.6) is 0 Å². The fourth-order valence-corrected chi connectivity index (χ4v) is 3.13. The summed E-state index contributed by atoms with van der Waals surface area (Å²) in [6, 6.07) is 9.58. The summed E-state index contributed by atoms with van der Waals surface area (Å²) >= 11 is 2.07. The van der Waals surface area contributed by atoms with Crippen molar-refractivity contribution in [2.45, 2.75) is 38.6 Å². The van der Waals surface area contributed by atoms with E-state index in [2.05, 4.69) is 55.2 Å². The number of nitrogens with one attached hydrogen (secondary N) is 1. The third kappa shape index (κ3) is 3.18. The molecule has 2 rings (SSSR count). The molecule has 1 heterocycles. The van der Waals surface area contributed by atoms with E-state index in [-0.39, 0.29) is 0 Å². The molecule has 1 aliphatic heterocycles. The van der Waals surface area contributed by atoms with Crippen LogP contribution in [-0.2, 0) is 0 Å². The van der Waals surface area contributed by atoms with Crippen LogP contribution < -0.4 is 5.32 Å². The molecule has 1 aliphatic rings. The smallest absolute Gasteiger partial charge is 0.0352 e. The molecular weight excluding hydrogens is 214 g/mol. The number of hydrogen-bond acceptors (Lipinski definition) is 2. The van der Waals surface area contributed by atoms with Crippen LogP contribution in [0.4, 0.5) is 5.69 Å². The Kier molecular flexibility index (Phi) is 4.16. The van der Waals surface area contributed by atoms with E-state index in [0.29, 0.717) is 12.0 Å². The molecule has 0 spiro atoms. The summed E-state index contributed by atoms with van der Waals surface area (Å²) < 4.78 is 0. The lowest BCUT2D eigenvalue weighted by atomic mass is 10.0. The maximum absolute atomic E-state index is 3.63. The van der Waals surface area contributed by atoms with Gasteiger partial charge in [-0.1, -0.05) is 26.0 Å². The van der Waals surface area contributed by atoms with Gasteiger partial charge in [-0.05, 0) is 42.2 Å². The monoisotopic (exact) mass is 235 g/mol. The van der Waals surface area contributed by atoms with Crippen molar-refractivity contribution in [2.24, 2.45) is 0 Å². The van der Waals surface area contributed by atoms with Gasteiger partial charge in [0.15, 0.2) is 0 Å². The average molecular weight is 235 g/mol. The van der Waals surface area contributed by atoms with Crippen molar-refractivity contribution in [3.8, 4) is 0 Å². The molecule has 1 aromatic carbocycles. The topological polar surface area (TPSA) is 12.0 Å². The van der Waals surface area contributed by atoms with Crippen LogP contribution in [0.25, 0.3) is 0 Å². The molecule has 0 aromatic heterocycles. The zero-order chi connectivity index (χ0) is 11.4. The molecule has 88 valence electrons. The normalized spacial score (nSPS) is 21.1. The molecule has 1 saturated heterocycles. The minimum atomic E-state index is 0.624. The lowest BCUT2D eigenvalue weighted by molar-refractivity contribution is 0.685. The molecule has 0 bridgehead atoms. The fourth-order valence-electron chi connectivity index (χ4n) is 2.05. The summed E-state index contributed by atoms with van der Waals surface area (Å²) in [7, 11) is 0. The Balaban J connectivity index is 1.93. The number of thioether (sulfide) groups is 1. The fraction of sp³-hybridized carbons (Fsp3) is 0.571. The highest BCUT2D eigenvalue weighted by Gasteiger charge is 2.12. The molecule has 1 fully saturated rings. The Morgan fingerprint density at radius 2 is 2.00 bits per heavy atom. The molecule has 1 nitrogen and oxygen atoms in total. The summed E-state index contributed by atoms with van der Waals surface area (Å²) in [5.41, 5.74) is 2.69. The van der Waals surface area contributed by atoms with Gasteiger partial charge >= 0.3 is 0 Å². The highest BCUT2D eigenvalue weighted by atomic mass is 32.2. The Morgan fingerprint density at radius 1 is 1.25 bits per heavy atom. The number of benzene rings is 1. The summed E-state index contributed by atoms with van der Waals surface area (Å²) in [5.74, 6) is 3.22. The molecule has 0 saturated carbocycles. The quantitative estimate of drug-likeness (QED) is 0.846. The van der Waals surface area contributed by atoms with Crippen molar-refractivity contribution in [3.05, 3.63) is 29.8 Å². The maximum atomic E-state index is 3.63. The molecule has 0 radical (unpaired) electrons. The summed E-state index contributed by atoms with van der Waals surface area (Å²) in [6.07, 6.45) is 2.67. The zero-order valence-electron chi connectivity index (χ0n) is 10.2. The largest absolute Gasteiger partial charge is 0.381 e. The minimum Gasteiger partial charge on any atom is -0.381 e. The minimum absolute atomic E-state index is 0.624. The van der Waals surface area contributed by atoms with E-state index in [0.717, 1.165) is 0 Å². The van der Waals surface area contributed by atoms with E-state index < -0.39 is 0 Å². The number of anilines is 1. The van der Waals surface area contributed by atoms with E-state index in [1.165, 1.54) is 35.6 Å². The van der Waals surface area contributed by atoms with Gasteiger partial charge in [-0.25, -0.2) is 0 Å². The zero-order valence-corrected chi connectivity index (χ0v) is 11.0. The molecular formula is C14H21NS. The Bertz CT molecular complexity index is 312. The van der Waals surface area contributed by atoms with Gasteiger partial charge in [0.1, 0.15) is 0 Å². The summed E-state index contributed by atoms with van der Waals surface area (Å²) in [4.78, 5) is 0. The highest BCUT2D eigenvalue weighted by molar-refractivity contribution is 7.99. The molecule has 16 heavy (non-hydrogen) atoms. The van der Waals surface area contributed by atoms with Gasteiger partial charge < -0.3 is 5.32 Å². The molecule has 0 aliphatic carbocycles. The third-order valence-corrected chi connectivity index (χ3v) is 4.32. The van der Waals surface area contributed by atoms with Crippen molar-refractivity contribution in [1.29, 1.82) is 0 Å². The molecule has 0 amide bonds. The Hall–Kier alpha value is -0.630. The molecule has 1 aromatic rings. The van der Waals surface area contributed by atoms with Gasteiger partial charge in [0.2, 0.25) is 0 Å². The van der Waals surface area contributed by atoms with Crippen molar-refractivity contribution in [3.63, 3.8) is 0 Å². The van der Waals surface area contributed by atoms with E-state index in [9.17, 15) is 0 Å². The van der Waals surface area contributed by atoms with E-state index >= 15 is 0 Å². The third-order valence-electron chi connectivity index (χ3n) is 3.11. The number of rotatable bonds is 3. The summed E-state index contributed by atoms with van der Waals surface area (Å²) in [6.45, 7) is 4.47. The van der Waals surface area contributed by atoms with Gasteiger partial charge in [-0.15, -0.1) is 0 Å². The van der Waals surface area contributed by atoms with Crippen molar-refractivity contribution in [2.75, 3.05) is 16.8 Å². The van der Waals surface area contributed by atoms with Crippen molar-refractivity contribution in [1.82, 2.24) is 0 Å². The van der Waals surface area contributed by atoms with Gasteiger partial charge in [-0.3, -0.25) is 0 Å². The van der Waals surface area contributed by atoms with Gasteiger partial charge in [0, 0.05) is 17.5 Å². The first-order chi connectivity index (χ1) is 7.75. The van der Waals surface area contributed by atoms with Crippen LogP contribution >= 0.6 is 11.8 Å². The van der Waals surface area contributed by atoms with Crippen LogP contribution in [0.2, 0.25) is 0 Å². The highest BCUT2D eigenvalue weighted by Crippen LogP contribution is 2.22.